The SMILES string of the molecule is O=C1c2c(n(Cc3ccccc3)c3ccccc3c2=O)-c2cccn21. The summed E-state index contributed by atoms with van der Waals surface area (Å²) in [5.41, 5.74) is 3.53. The summed E-state index contributed by atoms with van der Waals surface area (Å²) in [5, 5.41) is 0.580. The average molecular weight is 326 g/mol. The summed E-state index contributed by atoms with van der Waals surface area (Å²) < 4.78 is 3.64. The van der Waals surface area contributed by atoms with Gasteiger partial charge in [0.25, 0.3) is 5.91 Å². The summed E-state index contributed by atoms with van der Waals surface area (Å²) in [4.78, 5) is 25.7. The Morgan fingerprint density at radius 2 is 1.56 bits per heavy atom. The number of hydrogen-bond acceptors (Lipinski definition) is 2. The predicted octanol–water partition coefficient (Wildman–Crippen LogP) is 3.52. The number of nitrogens with zero attached hydrogens (tertiary/aromatic N) is 2. The van der Waals surface area contributed by atoms with E-state index < -0.39 is 0 Å². The van der Waals surface area contributed by atoms with E-state index in [-0.39, 0.29) is 16.9 Å². The largest absolute Gasteiger partial charge is 0.334 e. The first-order valence-corrected chi connectivity index (χ1v) is 8.17. The molecule has 4 heteroatoms. The van der Waals surface area contributed by atoms with Crippen molar-refractivity contribution in [2.45, 2.75) is 6.54 Å². The monoisotopic (exact) mass is 326 g/mol. The molecule has 3 heterocycles. The maximum absolute atomic E-state index is 13.0. The molecule has 0 fully saturated rings. The summed E-state index contributed by atoms with van der Waals surface area (Å²) in [6.07, 6.45) is 1.72. The van der Waals surface area contributed by atoms with Gasteiger partial charge in [-0.05, 0) is 29.8 Å². The van der Waals surface area contributed by atoms with Crippen LogP contribution in [0.5, 0.6) is 0 Å². The van der Waals surface area contributed by atoms with Gasteiger partial charge in [-0.1, -0.05) is 42.5 Å². The molecule has 0 radical (unpaired) electrons. The molecule has 0 amide bonds. The van der Waals surface area contributed by atoms with E-state index in [4.69, 9.17) is 0 Å². The molecule has 2 aromatic carbocycles. The molecule has 0 unspecified atom stereocenters. The molecule has 4 aromatic rings. The van der Waals surface area contributed by atoms with E-state index in [2.05, 4.69) is 16.7 Å². The zero-order valence-electron chi connectivity index (χ0n) is 13.3. The lowest BCUT2D eigenvalue weighted by atomic mass is 10.1. The van der Waals surface area contributed by atoms with Gasteiger partial charge in [-0.15, -0.1) is 0 Å². The maximum atomic E-state index is 13.0. The minimum atomic E-state index is -0.243. The van der Waals surface area contributed by atoms with Crippen molar-refractivity contribution in [1.29, 1.82) is 0 Å². The fraction of sp³-hybridized carbons (Fsp3) is 0.0476. The fourth-order valence-corrected chi connectivity index (χ4v) is 3.67. The highest BCUT2D eigenvalue weighted by Gasteiger charge is 2.32. The highest BCUT2D eigenvalue weighted by molar-refractivity contribution is 6.10. The van der Waals surface area contributed by atoms with Gasteiger partial charge in [0.05, 0.1) is 16.9 Å². The Morgan fingerprint density at radius 1 is 0.800 bits per heavy atom. The third-order valence-corrected chi connectivity index (χ3v) is 4.78. The summed E-state index contributed by atoms with van der Waals surface area (Å²) in [6, 6.07) is 21.3. The molecule has 0 atom stereocenters. The Labute approximate surface area is 143 Å². The number of rotatable bonds is 2. The van der Waals surface area contributed by atoms with Crippen LogP contribution in [0.1, 0.15) is 15.9 Å². The number of benzene rings is 2. The van der Waals surface area contributed by atoms with Gasteiger partial charge in [-0.2, -0.15) is 0 Å². The van der Waals surface area contributed by atoms with Gasteiger partial charge in [0.15, 0.2) is 0 Å². The highest BCUT2D eigenvalue weighted by Crippen LogP contribution is 2.33. The van der Waals surface area contributed by atoms with Crippen molar-refractivity contribution in [1.82, 2.24) is 9.13 Å². The Bertz CT molecular complexity index is 1200. The van der Waals surface area contributed by atoms with Crippen molar-refractivity contribution in [3.63, 3.8) is 0 Å². The first-order valence-electron chi connectivity index (χ1n) is 8.17. The molecule has 5 rings (SSSR count). The van der Waals surface area contributed by atoms with Crippen LogP contribution in [-0.4, -0.2) is 15.0 Å². The van der Waals surface area contributed by atoms with Crippen molar-refractivity contribution in [2.75, 3.05) is 0 Å². The standard InChI is InChI=1S/C21H14N2O2/c24-20-15-9-4-5-10-16(15)23(13-14-7-2-1-3-8-14)19-17-11-6-12-22(17)21(25)18(19)20/h1-12H,13H2. The summed E-state index contributed by atoms with van der Waals surface area (Å²) in [6.45, 7) is 0.600. The second-order valence-electron chi connectivity index (χ2n) is 6.21. The number of hydrogen-bond donors (Lipinski definition) is 0. The Morgan fingerprint density at radius 3 is 2.40 bits per heavy atom. The van der Waals surface area contributed by atoms with Crippen LogP contribution in [0, 0.1) is 0 Å². The van der Waals surface area contributed by atoms with E-state index >= 15 is 0 Å². The maximum Gasteiger partial charge on any atom is 0.268 e. The van der Waals surface area contributed by atoms with Crippen LogP contribution in [0.25, 0.3) is 22.3 Å². The first-order chi connectivity index (χ1) is 12.3. The molecule has 120 valence electrons. The topological polar surface area (TPSA) is 44.0 Å². The third-order valence-electron chi connectivity index (χ3n) is 4.78. The van der Waals surface area contributed by atoms with Crippen molar-refractivity contribution >= 4 is 16.8 Å². The van der Waals surface area contributed by atoms with Crippen LogP contribution in [0.4, 0.5) is 0 Å². The van der Waals surface area contributed by atoms with E-state index in [1.807, 2.05) is 48.5 Å². The van der Waals surface area contributed by atoms with Gasteiger partial charge >= 0.3 is 0 Å². The molecule has 0 N–H and O–H groups in total. The van der Waals surface area contributed by atoms with Crippen LogP contribution in [0.2, 0.25) is 0 Å². The minimum absolute atomic E-state index is 0.191. The number of pyridine rings is 1. The molecule has 25 heavy (non-hydrogen) atoms. The summed E-state index contributed by atoms with van der Waals surface area (Å²) >= 11 is 0. The Kier molecular flexibility index (Phi) is 2.82. The van der Waals surface area contributed by atoms with Crippen LogP contribution < -0.4 is 5.43 Å². The van der Waals surface area contributed by atoms with Crippen molar-refractivity contribution in [3.05, 3.63) is 94.3 Å². The molecule has 1 aliphatic heterocycles. The second-order valence-corrected chi connectivity index (χ2v) is 6.21. The van der Waals surface area contributed by atoms with Gasteiger partial charge < -0.3 is 4.57 Å². The zero-order chi connectivity index (χ0) is 17.0. The Balaban J connectivity index is 1.91. The molecule has 0 spiro atoms. The van der Waals surface area contributed by atoms with E-state index in [0.29, 0.717) is 17.6 Å². The molecule has 1 aliphatic rings. The number of aromatic nitrogens is 2. The lowest BCUT2D eigenvalue weighted by Crippen LogP contribution is -2.20. The van der Waals surface area contributed by atoms with Crippen molar-refractivity contribution in [2.24, 2.45) is 0 Å². The number of para-hydroxylation sites is 1. The molecule has 0 bridgehead atoms. The molecule has 2 aromatic heterocycles. The van der Waals surface area contributed by atoms with E-state index in [0.717, 1.165) is 16.8 Å². The predicted molar refractivity (Wildman–Crippen MR) is 96.9 cm³/mol. The molecule has 0 aliphatic carbocycles. The summed E-state index contributed by atoms with van der Waals surface area (Å²) in [7, 11) is 0. The summed E-state index contributed by atoms with van der Waals surface area (Å²) in [5.74, 6) is -0.243. The highest BCUT2D eigenvalue weighted by atomic mass is 16.2. The smallest absolute Gasteiger partial charge is 0.268 e. The molecule has 0 saturated carbocycles. The normalized spacial score (nSPS) is 12.4. The van der Waals surface area contributed by atoms with E-state index in [1.54, 1.807) is 16.8 Å². The second kappa shape index (κ2) is 5.05. The quantitative estimate of drug-likeness (QED) is 0.498. The van der Waals surface area contributed by atoms with E-state index in [1.165, 1.54) is 0 Å². The van der Waals surface area contributed by atoms with Crippen molar-refractivity contribution < 1.29 is 4.79 Å². The first kappa shape index (κ1) is 14.0. The zero-order valence-corrected chi connectivity index (χ0v) is 13.3. The van der Waals surface area contributed by atoms with Gasteiger partial charge in [0, 0.05) is 18.1 Å². The minimum Gasteiger partial charge on any atom is -0.334 e. The van der Waals surface area contributed by atoms with Gasteiger partial charge in [-0.3, -0.25) is 14.2 Å². The lowest BCUT2D eigenvalue weighted by molar-refractivity contribution is 0.0968. The van der Waals surface area contributed by atoms with Crippen LogP contribution in [0.15, 0.2) is 77.7 Å². The molecular weight excluding hydrogens is 312 g/mol. The van der Waals surface area contributed by atoms with Gasteiger partial charge in [0.1, 0.15) is 5.56 Å². The molecule has 4 nitrogen and oxygen atoms in total. The number of carbonyl (C=O) groups excluding carboxylic acids is 1. The third kappa shape index (κ3) is 1.88. The van der Waals surface area contributed by atoms with Gasteiger partial charge in [0.2, 0.25) is 5.43 Å². The van der Waals surface area contributed by atoms with Gasteiger partial charge in [-0.25, -0.2) is 0 Å². The van der Waals surface area contributed by atoms with Crippen LogP contribution in [0.3, 0.4) is 0 Å². The Hall–Kier alpha value is -3.40. The average Bonchev–Trinajstić information content (AvgIpc) is 3.22. The van der Waals surface area contributed by atoms with Crippen LogP contribution in [-0.2, 0) is 6.54 Å². The van der Waals surface area contributed by atoms with Crippen molar-refractivity contribution in [3.8, 4) is 11.4 Å². The van der Waals surface area contributed by atoms with E-state index in [9.17, 15) is 9.59 Å². The fourth-order valence-electron chi connectivity index (χ4n) is 3.67. The molecule has 0 saturated heterocycles. The molecular formula is C21H14N2O2. The van der Waals surface area contributed by atoms with Crippen LogP contribution >= 0.6 is 0 Å². The lowest BCUT2D eigenvalue weighted by Gasteiger charge is -2.16. The number of carbonyl (C=O) groups is 1. The number of fused-ring (bicyclic) bond motifs is 4.